The van der Waals surface area contributed by atoms with E-state index in [0.717, 1.165) is 12.1 Å². The van der Waals surface area contributed by atoms with Gasteiger partial charge in [-0.1, -0.05) is 0 Å². The van der Waals surface area contributed by atoms with E-state index in [1.165, 1.54) is 32.2 Å². The maximum atomic E-state index is 3.53. The molecule has 0 aromatic carbocycles. The highest BCUT2D eigenvalue weighted by atomic mass is 15.1. The summed E-state index contributed by atoms with van der Waals surface area (Å²) in [6.07, 6.45) is 5.44. The van der Waals surface area contributed by atoms with Crippen molar-refractivity contribution in [2.24, 2.45) is 0 Å². The van der Waals surface area contributed by atoms with Gasteiger partial charge in [-0.2, -0.15) is 0 Å². The molecule has 1 unspecified atom stereocenters. The highest BCUT2D eigenvalue weighted by molar-refractivity contribution is 4.80. The Kier molecular flexibility index (Phi) is 4.02. The predicted octanol–water partition coefficient (Wildman–Crippen LogP) is 1.47. The SMILES string of the molecule is CC(CCCNC1CC1)N(C)C. The first kappa shape index (κ1) is 10.0. The third-order valence-electron chi connectivity index (χ3n) is 2.69. The molecule has 0 heterocycles. The molecule has 0 saturated heterocycles. The van der Waals surface area contributed by atoms with E-state index in [4.69, 9.17) is 0 Å². The van der Waals surface area contributed by atoms with Crippen molar-refractivity contribution in [1.82, 2.24) is 10.2 Å². The third-order valence-corrected chi connectivity index (χ3v) is 2.69. The van der Waals surface area contributed by atoms with Gasteiger partial charge in [0.25, 0.3) is 0 Å². The fraction of sp³-hybridized carbons (Fsp3) is 1.00. The van der Waals surface area contributed by atoms with Gasteiger partial charge in [0.15, 0.2) is 0 Å². The Hall–Kier alpha value is -0.0800. The molecule has 0 aliphatic heterocycles. The van der Waals surface area contributed by atoms with E-state index >= 15 is 0 Å². The van der Waals surface area contributed by atoms with Gasteiger partial charge >= 0.3 is 0 Å². The van der Waals surface area contributed by atoms with Gasteiger partial charge in [0.2, 0.25) is 0 Å². The van der Waals surface area contributed by atoms with Crippen LogP contribution in [-0.4, -0.2) is 37.6 Å². The van der Waals surface area contributed by atoms with E-state index in [9.17, 15) is 0 Å². The molecular weight excluding hydrogens is 148 g/mol. The van der Waals surface area contributed by atoms with Crippen molar-refractivity contribution in [3.05, 3.63) is 0 Å². The molecule has 1 rings (SSSR count). The summed E-state index contributed by atoms with van der Waals surface area (Å²) in [5.41, 5.74) is 0. The second kappa shape index (κ2) is 4.83. The lowest BCUT2D eigenvalue weighted by atomic mass is 10.1. The molecule has 0 radical (unpaired) electrons. The second-order valence-electron chi connectivity index (χ2n) is 4.18. The quantitative estimate of drug-likeness (QED) is 0.607. The van der Waals surface area contributed by atoms with Crippen LogP contribution in [0.25, 0.3) is 0 Å². The van der Waals surface area contributed by atoms with Crippen LogP contribution in [0, 0.1) is 0 Å². The van der Waals surface area contributed by atoms with Crippen LogP contribution >= 0.6 is 0 Å². The third kappa shape index (κ3) is 4.07. The fourth-order valence-corrected chi connectivity index (χ4v) is 1.25. The average molecular weight is 170 g/mol. The molecule has 1 atom stereocenters. The zero-order chi connectivity index (χ0) is 8.97. The average Bonchev–Trinajstić information content (AvgIpc) is 2.80. The zero-order valence-electron chi connectivity index (χ0n) is 8.64. The van der Waals surface area contributed by atoms with Crippen molar-refractivity contribution in [1.29, 1.82) is 0 Å². The lowest BCUT2D eigenvalue weighted by Crippen LogP contribution is -2.26. The van der Waals surface area contributed by atoms with Crippen LogP contribution < -0.4 is 5.32 Å². The van der Waals surface area contributed by atoms with E-state index in [0.29, 0.717) is 0 Å². The molecule has 12 heavy (non-hydrogen) atoms. The van der Waals surface area contributed by atoms with Gasteiger partial charge in [0.05, 0.1) is 0 Å². The minimum absolute atomic E-state index is 0.728. The van der Waals surface area contributed by atoms with Gasteiger partial charge in [0.1, 0.15) is 0 Å². The van der Waals surface area contributed by atoms with Crippen LogP contribution in [-0.2, 0) is 0 Å². The van der Waals surface area contributed by atoms with Crippen LogP contribution in [0.5, 0.6) is 0 Å². The summed E-state index contributed by atoms with van der Waals surface area (Å²) in [6, 6.07) is 1.60. The molecule has 0 aromatic rings. The molecule has 2 nitrogen and oxygen atoms in total. The van der Waals surface area contributed by atoms with Crippen molar-refractivity contribution in [2.45, 2.75) is 44.7 Å². The van der Waals surface area contributed by atoms with Crippen LogP contribution in [0.2, 0.25) is 0 Å². The Bertz CT molecular complexity index is 119. The molecular formula is C10H22N2. The number of rotatable bonds is 6. The Morgan fingerprint density at radius 2 is 2.08 bits per heavy atom. The van der Waals surface area contributed by atoms with Crippen molar-refractivity contribution >= 4 is 0 Å². The normalized spacial score (nSPS) is 20.0. The minimum Gasteiger partial charge on any atom is -0.314 e. The first-order chi connectivity index (χ1) is 5.70. The summed E-state index contributed by atoms with van der Waals surface area (Å²) >= 11 is 0. The highest BCUT2D eigenvalue weighted by Gasteiger charge is 2.19. The number of nitrogens with zero attached hydrogens (tertiary/aromatic N) is 1. The summed E-state index contributed by atoms with van der Waals surface area (Å²) in [6.45, 7) is 3.50. The van der Waals surface area contributed by atoms with Gasteiger partial charge in [-0.3, -0.25) is 0 Å². The molecule has 0 bridgehead atoms. The van der Waals surface area contributed by atoms with Gasteiger partial charge in [0, 0.05) is 12.1 Å². The van der Waals surface area contributed by atoms with Crippen LogP contribution in [0.15, 0.2) is 0 Å². The van der Waals surface area contributed by atoms with Crippen LogP contribution in [0.3, 0.4) is 0 Å². The highest BCUT2D eigenvalue weighted by Crippen LogP contribution is 2.18. The number of hydrogen-bond donors (Lipinski definition) is 1. The summed E-state index contributed by atoms with van der Waals surface area (Å²) in [5.74, 6) is 0. The summed E-state index contributed by atoms with van der Waals surface area (Å²) in [4.78, 5) is 2.29. The molecule has 0 spiro atoms. The van der Waals surface area contributed by atoms with E-state index in [1.54, 1.807) is 0 Å². The van der Waals surface area contributed by atoms with Gasteiger partial charge < -0.3 is 10.2 Å². The Morgan fingerprint density at radius 3 is 2.58 bits per heavy atom. The summed E-state index contributed by atoms with van der Waals surface area (Å²) < 4.78 is 0. The first-order valence-electron chi connectivity index (χ1n) is 5.10. The standard InChI is InChI=1S/C10H22N2/c1-9(12(2)3)5-4-8-11-10-6-7-10/h9-11H,4-8H2,1-3H3. The topological polar surface area (TPSA) is 15.3 Å². The van der Waals surface area contributed by atoms with E-state index in [-0.39, 0.29) is 0 Å². The second-order valence-corrected chi connectivity index (χ2v) is 4.18. The molecule has 1 N–H and O–H groups in total. The van der Waals surface area contributed by atoms with Gasteiger partial charge in [-0.05, 0) is 53.2 Å². The molecule has 1 aliphatic carbocycles. The Morgan fingerprint density at radius 1 is 1.42 bits per heavy atom. The Balaban J connectivity index is 1.86. The van der Waals surface area contributed by atoms with Crippen LogP contribution in [0.4, 0.5) is 0 Å². The zero-order valence-corrected chi connectivity index (χ0v) is 8.64. The molecule has 1 saturated carbocycles. The van der Waals surface area contributed by atoms with Gasteiger partial charge in [-0.25, -0.2) is 0 Å². The van der Waals surface area contributed by atoms with Crippen LogP contribution in [0.1, 0.15) is 32.6 Å². The Labute approximate surface area is 76.3 Å². The molecule has 0 amide bonds. The molecule has 0 aromatic heterocycles. The lowest BCUT2D eigenvalue weighted by molar-refractivity contribution is 0.293. The lowest BCUT2D eigenvalue weighted by Gasteiger charge is -2.19. The summed E-state index contributed by atoms with van der Waals surface area (Å²) in [7, 11) is 4.30. The van der Waals surface area contributed by atoms with Gasteiger partial charge in [-0.15, -0.1) is 0 Å². The maximum Gasteiger partial charge on any atom is 0.00682 e. The molecule has 1 fully saturated rings. The molecule has 1 aliphatic rings. The largest absolute Gasteiger partial charge is 0.314 e. The van der Waals surface area contributed by atoms with Crippen molar-refractivity contribution in [3.8, 4) is 0 Å². The van der Waals surface area contributed by atoms with Crippen molar-refractivity contribution in [3.63, 3.8) is 0 Å². The maximum absolute atomic E-state index is 3.53. The molecule has 2 heteroatoms. The van der Waals surface area contributed by atoms with Crippen molar-refractivity contribution in [2.75, 3.05) is 20.6 Å². The number of nitrogens with one attached hydrogen (secondary N) is 1. The monoisotopic (exact) mass is 170 g/mol. The fourth-order valence-electron chi connectivity index (χ4n) is 1.25. The van der Waals surface area contributed by atoms with E-state index < -0.39 is 0 Å². The van der Waals surface area contributed by atoms with Crippen molar-refractivity contribution < 1.29 is 0 Å². The summed E-state index contributed by atoms with van der Waals surface area (Å²) in [5, 5.41) is 3.53. The minimum atomic E-state index is 0.728. The van der Waals surface area contributed by atoms with E-state index in [2.05, 4.69) is 31.2 Å². The first-order valence-corrected chi connectivity index (χ1v) is 5.10. The number of hydrogen-bond acceptors (Lipinski definition) is 2. The predicted molar refractivity (Wildman–Crippen MR) is 53.4 cm³/mol. The van der Waals surface area contributed by atoms with E-state index in [1.807, 2.05) is 0 Å². The molecule has 72 valence electrons. The smallest absolute Gasteiger partial charge is 0.00682 e.